The van der Waals surface area contributed by atoms with Gasteiger partial charge >= 0.3 is 5.63 Å². The number of thiazole rings is 1. The third-order valence-corrected chi connectivity index (χ3v) is 4.82. The van der Waals surface area contributed by atoms with Crippen LogP contribution >= 0.6 is 23.6 Å². The highest BCUT2D eigenvalue weighted by Crippen LogP contribution is 2.25. The molecule has 0 saturated carbocycles. The second-order valence-corrected chi connectivity index (χ2v) is 6.69. The molecule has 118 valence electrons. The van der Waals surface area contributed by atoms with Gasteiger partial charge < -0.3 is 4.42 Å². The van der Waals surface area contributed by atoms with Gasteiger partial charge in [-0.2, -0.15) is 0 Å². The molecule has 2 aromatic carbocycles. The average Bonchev–Trinajstić information content (AvgIpc) is 2.96. The number of hydrogen-bond acceptors (Lipinski definition) is 5. The normalized spacial score (nSPS) is 10.8. The van der Waals surface area contributed by atoms with E-state index in [2.05, 4.69) is 5.43 Å². The summed E-state index contributed by atoms with van der Waals surface area (Å²) < 4.78 is 7.79. The second-order valence-electron chi connectivity index (χ2n) is 5.19. The van der Waals surface area contributed by atoms with Crippen LogP contribution in [0.25, 0.3) is 22.2 Å². The Balaban J connectivity index is 1.87. The van der Waals surface area contributed by atoms with Crippen molar-refractivity contribution in [1.29, 1.82) is 0 Å². The summed E-state index contributed by atoms with van der Waals surface area (Å²) in [5.74, 6) is 0. The van der Waals surface area contributed by atoms with Crippen LogP contribution in [-0.2, 0) is 0 Å². The van der Waals surface area contributed by atoms with Crippen LogP contribution in [0.5, 0.6) is 0 Å². The molecule has 0 fully saturated rings. The number of benzene rings is 2. The zero-order chi connectivity index (χ0) is 16.5. The Labute approximate surface area is 146 Å². The van der Waals surface area contributed by atoms with Crippen molar-refractivity contribution in [2.45, 2.75) is 0 Å². The standard InChI is InChI=1S/C18H12N2O2S2/c21-17-14(10-12-6-4-5-9-16(12)22-17)15-11-24-18(23)20(15)19-13-7-2-1-3-8-13/h1-11,19H. The van der Waals surface area contributed by atoms with E-state index in [-0.39, 0.29) is 5.63 Å². The first kappa shape index (κ1) is 14.9. The molecule has 0 unspecified atom stereocenters. The van der Waals surface area contributed by atoms with Gasteiger partial charge in [-0.1, -0.05) is 36.4 Å². The lowest BCUT2D eigenvalue weighted by atomic mass is 10.1. The molecule has 4 rings (SSSR count). The van der Waals surface area contributed by atoms with Crippen molar-refractivity contribution in [3.05, 3.63) is 80.4 Å². The molecule has 0 saturated heterocycles. The van der Waals surface area contributed by atoms with E-state index in [1.54, 1.807) is 10.7 Å². The summed E-state index contributed by atoms with van der Waals surface area (Å²) in [5.41, 5.74) is 5.48. The molecule has 0 radical (unpaired) electrons. The molecule has 0 atom stereocenters. The molecule has 2 aromatic heterocycles. The maximum atomic E-state index is 12.4. The van der Waals surface area contributed by atoms with Gasteiger partial charge in [-0.3, -0.25) is 5.43 Å². The zero-order valence-corrected chi connectivity index (χ0v) is 14.1. The molecule has 0 aliphatic rings. The van der Waals surface area contributed by atoms with Gasteiger partial charge in [-0.05, 0) is 36.5 Å². The number of rotatable bonds is 3. The number of anilines is 1. The van der Waals surface area contributed by atoms with Gasteiger partial charge in [-0.15, -0.1) is 11.3 Å². The first-order valence-electron chi connectivity index (χ1n) is 7.28. The molecule has 0 aliphatic carbocycles. The molecular formula is C18H12N2O2S2. The smallest absolute Gasteiger partial charge is 0.345 e. The molecular weight excluding hydrogens is 340 g/mol. The van der Waals surface area contributed by atoms with Crippen LogP contribution in [0.3, 0.4) is 0 Å². The summed E-state index contributed by atoms with van der Waals surface area (Å²) in [6.07, 6.45) is 0. The van der Waals surface area contributed by atoms with Crippen LogP contribution in [0.15, 0.2) is 75.3 Å². The summed E-state index contributed by atoms with van der Waals surface area (Å²) in [7, 11) is 0. The van der Waals surface area contributed by atoms with E-state index < -0.39 is 0 Å². The number of para-hydroxylation sites is 2. The van der Waals surface area contributed by atoms with Crippen LogP contribution in [-0.4, -0.2) is 4.68 Å². The highest BCUT2D eigenvalue weighted by Gasteiger charge is 2.13. The maximum absolute atomic E-state index is 12.4. The van der Waals surface area contributed by atoms with Gasteiger partial charge in [0.25, 0.3) is 0 Å². The average molecular weight is 352 g/mol. The fourth-order valence-electron chi connectivity index (χ4n) is 2.48. The number of aromatic nitrogens is 1. The van der Waals surface area contributed by atoms with Crippen molar-refractivity contribution in [2.75, 3.05) is 5.43 Å². The minimum absolute atomic E-state index is 0.384. The topological polar surface area (TPSA) is 47.2 Å². The van der Waals surface area contributed by atoms with E-state index in [1.807, 2.05) is 60.0 Å². The van der Waals surface area contributed by atoms with Gasteiger partial charge in [0, 0.05) is 10.8 Å². The van der Waals surface area contributed by atoms with Crippen LogP contribution < -0.4 is 11.1 Å². The van der Waals surface area contributed by atoms with Crippen molar-refractivity contribution >= 4 is 40.2 Å². The summed E-state index contributed by atoms with van der Waals surface area (Å²) in [4.78, 5) is 12.4. The molecule has 0 aliphatic heterocycles. The van der Waals surface area contributed by atoms with E-state index in [0.717, 1.165) is 11.1 Å². The SMILES string of the molecule is O=c1oc2ccccc2cc1-c1csc(=S)n1Nc1ccccc1. The predicted molar refractivity (Wildman–Crippen MR) is 100 cm³/mol. The van der Waals surface area contributed by atoms with Gasteiger partial charge in [0.1, 0.15) is 5.58 Å². The third kappa shape index (κ3) is 2.66. The molecule has 0 spiro atoms. The molecule has 6 heteroatoms. The Kier molecular flexibility index (Phi) is 3.76. The quantitative estimate of drug-likeness (QED) is 0.420. The minimum atomic E-state index is -0.384. The van der Waals surface area contributed by atoms with Gasteiger partial charge in [0.15, 0.2) is 3.95 Å². The lowest BCUT2D eigenvalue weighted by molar-refractivity contribution is 0.563. The first-order valence-corrected chi connectivity index (χ1v) is 8.57. The Morgan fingerprint density at radius 3 is 2.62 bits per heavy atom. The fourth-order valence-corrected chi connectivity index (χ4v) is 3.46. The molecule has 4 aromatic rings. The van der Waals surface area contributed by atoms with E-state index >= 15 is 0 Å². The summed E-state index contributed by atoms with van der Waals surface area (Å²) in [6.45, 7) is 0. The minimum Gasteiger partial charge on any atom is -0.422 e. The number of hydrogen-bond donors (Lipinski definition) is 1. The van der Waals surface area contributed by atoms with Crippen molar-refractivity contribution in [3.63, 3.8) is 0 Å². The first-order chi connectivity index (χ1) is 11.7. The molecule has 4 nitrogen and oxygen atoms in total. The summed E-state index contributed by atoms with van der Waals surface area (Å²) in [5, 5.41) is 2.73. The monoisotopic (exact) mass is 352 g/mol. The molecule has 0 amide bonds. The summed E-state index contributed by atoms with van der Waals surface area (Å²) in [6, 6.07) is 19.0. The molecule has 0 bridgehead atoms. The van der Waals surface area contributed by atoms with E-state index in [4.69, 9.17) is 16.6 Å². The summed E-state index contributed by atoms with van der Waals surface area (Å²) >= 11 is 6.79. The molecule has 2 heterocycles. The molecule has 24 heavy (non-hydrogen) atoms. The van der Waals surface area contributed by atoms with Crippen molar-refractivity contribution in [1.82, 2.24) is 4.68 Å². The highest BCUT2D eigenvalue weighted by atomic mass is 32.1. The Hall–Kier alpha value is -2.70. The van der Waals surface area contributed by atoms with Crippen molar-refractivity contribution in [3.8, 4) is 11.3 Å². The van der Waals surface area contributed by atoms with E-state index in [0.29, 0.717) is 20.8 Å². The third-order valence-electron chi connectivity index (χ3n) is 3.63. The number of nitrogens with one attached hydrogen (secondary N) is 1. The molecule has 1 N–H and O–H groups in total. The van der Waals surface area contributed by atoms with Crippen LogP contribution in [0, 0.1) is 3.95 Å². The van der Waals surface area contributed by atoms with Gasteiger partial charge in [-0.25, -0.2) is 9.47 Å². The second kappa shape index (κ2) is 6.07. The van der Waals surface area contributed by atoms with Crippen molar-refractivity contribution < 1.29 is 4.42 Å². The largest absolute Gasteiger partial charge is 0.422 e. The lowest BCUT2D eigenvalue weighted by Crippen LogP contribution is -2.13. The Morgan fingerprint density at radius 2 is 1.79 bits per heavy atom. The Morgan fingerprint density at radius 1 is 1.04 bits per heavy atom. The predicted octanol–water partition coefficient (Wildman–Crippen LogP) is 4.93. The number of fused-ring (bicyclic) bond motifs is 1. The zero-order valence-electron chi connectivity index (χ0n) is 12.4. The van der Waals surface area contributed by atoms with Gasteiger partial charge in [0.2, 0.25) is 0 Å². The van der Waals surface area contributed by atoms with Crippen LogP contribution in [0.2, 0.25) is 0 Å². The van der Waals surface area contributed by atoms with E-state index in [1.165, 1.54) is 11.3 Å². The lowest BCUT2D eigenvalue weighted by Gasteiger charge is -2.11. The van der Waals surface area contributed by atoms with Crippen LogP contribution in [0.4, 0.5) is 5.69 Å². The number of nitrogens with zero attached hydrogens (tertiary/aromatic N) is 1. The van der Waals surface area contributed by atoms with Crippen molar-refractivity contribution in [2.24, 2.45) is 0 Å². The fraction of sp³-hybridized carbons (Fsp3) is 0. The van der Waals surface area contributed by atoms with E-state index in [9.17, 15) is 4.79 Å². The Bertz CT molecular complexity index is 1130. The van der Waals surface area contributed by atoms with Crippen LogP contribution in [0.1, 0.15) is 0 Å². The highest BCUT2D eigenvalue weighted by molar-refractivity contribution is 7.73. The van der Waals surface area contributed by atoms with Gasteiger partial charge in [0.05, 0.1) is 16.9 Å². The maximum Gasteiger partial charge on any atom is 0.345 e.